The maximum absolute atomic E-state index is 12.7. The van der Waals surface area contributed by atoms with Gasteiger partial charge in [0.2, 0.25) is 5.91 Å². The van der Waals surface area contributed by atoms with Gasteiger partial charge in [-0.05, 0) is 7.05 Å². The van der Waals surface area contributed by atoms with E-state index in [9.17, 15) is 9.59 Å². The number of amides is 2. The van der Waals surface area contributed by atoms with Gasteiger partial charge in [-0.3, -0.25) is 14.5 Å². The van der Waals surface area contributed by atoms with E-state index in [1.807, 2.05) is 9.80 Å². The van der Waals surface area contributed by atoms with Gasteiger partial charge in [-0.25, -0.2) is 4.98 Å². The highest BCUT2D eigenvalue weighted by atomic mass is 32.1. The minimum absolute atomic E-state index is 0.00596. The normalized spacial score (nSPS) is 18.9. The molecule has 1 aromatic rings. The molecule has 1 fully saturated rings. The fraction of sp³-hybridized carbons (Fsp3) is 0.688. The Labute approximate surface area is 151 Å². The first kappa shape index (κ1) is 18.2. The molecule has 1 saturated heterocycles. The van der Waals surface area contributed by atoms with Crippen molar-refractivity contribution in [2.24, 2.45) is 0 Å². The van der Waals surface area contributed by atoms with Gasteiger partial charge in [0, 0.05) is 57.1 Å². The number of carbonyl (C=O) groups is 2. The number of likely N-dealkylation sites (N-methyl/N-ethyl adjacent to an activating group) is 1. The Kier molecular flexibility index (Phi) is 6.00. The van der Waals surface area contributed by atoms with E-state index in [0.717, 1.165) is 25.2 Å². The van der Waals surface area contributed by atoms with Crippen molar-refractivity contribution in [1.29, 1.82) is 0 Å². The summed E-state index contributed by atoms with van der Waals surface area (Å²) < 4.78 is 0. The summed E-state index contributed by atoms with van der Waals surface area (Å²) in [6.07, 6.45) is 0.909. The van der Waals surface area contributed by atoms with E-state index in [-0.39, 0.29) is 25.0 Å². The average molecular weight is 367 g/mol. The van der Waals surface area contributed by atoms with E-state index in [2.05, 4.69) is 22.2 Å². The lowest BCUT2D eigenvalue weighted by Gasteiger charge is -2.33. The van der Waals surface area contributed by atoms with E-state index < -0.39 is 0 Å². The molecule has 0 bridgehead atoms. The average Bonchev–Trinajstić information content (AvgIpc) is 3.03. The van der Waals surface area contributed by atoms with Crippen molar-refractivity contribution in [3.8, 4) is 0 Å². The molecule has 0 radical (unpaired) electrons. The van der Waals surface area contributed by atoms with Gasteiger partial charge in [0.1, 0.15) is 0 Å². The number of nitrogens with one attached hydrogen (secondary N) is 1. The van der Waals surface area contributed by atoms with E-state index in [1.54, 1.807) is 0 Å². The van der Waals surface area contributed by atoms with Crippen LogP contribution in [0.3, 0.4) is 0 Å². The Hall–Kier alpha value is -1.55. The monoisotopic (exact) mass is 367 g/mol. The molecule has 2 N–H and O–H groups in total. The maximum Gasteiger partial charge on any atom is 0.282 e. The van der Waals surface area contributed by atoms with Crippen LogP contribution in [0, 0.1) is 0 Å². The molecule has 0 unspecified atom stereocenters. The fourth-order valence-corrected chi connectivity index (χ4v) is 4.27. The van der Waals surface area contributed by atoms with Crippen molar-refractivity contribution in [1.82, 2.24) is 25.0 Å². The van der Waals surface area contributed by atoms with Gasteiger partial charge >= 0.3 is 0 Å². The molecule has 0 aliphatic carbocycles. The van der Waals surface area contributed by atoms with Gasteiger partial charge in [-0.1, -0.05) is 0 Å². The number of aliphatic hydroxyl groups excluding tert-OH is 1. The summed E-state index contributed by atoms with van der Waals surface area (Å²) in [4.78, 5) is 36.3. The van der Waals surface area contributed by atoms with Gasteiger partial charge < -0.3 is 20.2 Å². The van der Waals surface area contributed by atoms with Crippen LogP contribution < -0.4 is 5.32 Å². The number of rotatable bonds is 5. The number of aliphatic hydroxyl groups is 1. The first-order chi connectivity index (χ1) is 12.1. The number of carbonyl (C=O) groups excluding carboxylic acids is 2. The zero-order chi connectivity index (χ0) is 17.8. The molecule has 3 heterocycles. The van der Waals surface area contributed by atoms with Crippen LogP contribution in [0.1, 0.15) is 20.4 Å². The zero-order valence-corrected chi connectivity index (χ0v) is 15.3. The Morgan fingerprint density at radius 2 is 2.00 bits per heavy atom. The lowest BCUT2D eigenvalue weighted by Crippen LogP contribution is -2.51. The maximum atomic E-state index is 12.7. The highest BCUT2D eigenvalue weighted by molar-refractivity contribution is 7.13. The van der Waals surface area contributed by atoms with Crippen molar-refractivity contribution >= 4 is 23.2 Å². The summed E-state index contributed by atoms with van der Waals surface area (Å²) in [7, 11) is 2.08. The number of nitrogens with zero attached hydrogens (tertiary/aromatic N) is 4. The van der Waals surface area contributed by atoms with Crippen LogP contribution in [0.5, 0.6) is 0 Å². The molecule has 8 nitrogen and oxygen atoms in total. The van der Waals surface area contributed by atoms with Crippen LogP contribution in [0.4, 0.5) is 0 Å². The summed E-state index contributed by atoms with van der Waals surface area (Å²) in [6.45, 7) is 4.95. The van der Waals surface area contributed by atoms with Gasteiger partial charge in [0.15, 0.2) is 5.01 Å². The summed E-state index contributed by atoms with van der Waals surface area (Å²) >= 11 is 1.52. The minimum Gasteiger partial charge on any atom is -0.395 e. The standard InChI is InChI=1S/C16H25N5O3S/c1-19-4-2-12-13(10-19)25-15(18-12)16(24)21-7-5-20(6-8-21)11-14(23)17-3-9-22/h22H,2-11H2,1H3,(H,17,23). The second-order valence-electron chi connectivity index (χ2n) is 6.52. The first-order valence-electron chi connectivity index (χ1n) is 8.63. The number of aromatic nitrogens is 1. The summed E-state index contributed by atoms with van der Waals surface area (Å²) in [5, 5.41) is 12.0. The molecule has 2 aliphatic rings. The van der Waals surface area contributed by atoms with Crippen LogP contribution in [-0.2, 0) is 17.8 Å². The molecule has 9 heteroatoms. The number of hydrogen-bond donors (Lipinski definition) is 2. The van der Waals surface area contributed by atoms with E-state index >= 15 is 0 Å². The predicted octanol–water partition coefficient (Wildman–Crippen LogP) is -1.00. The van der Waals surface area contributed by atoms with Crippen LogP contribution in [0.15, 0.2) is 0 Å². The summed E-state index contributed by atoms with van der Waals surface area (Å²) in [6, 6.07) is 0. The van der Waals surface area contributed by atoms with Crippen LogP contribution in [0.25, 0.3) is 0 Å². The van der Waals surface area contributed by atoms with Crippen molar-refractivity contribution < 1.29 is 14.7 Å². The van der Waals surface area contributed by atoms with Gasteiger partial charge in [0.25, 0.3) is 5.91 Å². The minimum atomic E-state index is -0.0921. The van der Waals surface area contributed by atoms with E-state index in [4.69, 9.17) is 5.11 Å². The molecular weight excluding hydrogens is 342 g/mol. The molecular formula is C16H25N5O3S. The fourth-order valence-electron chi connectivity index (χ4n) is 3.11. The van der Waals surface area contributed by atoms with Crippen LogP contribution in [0.2, 0.25) is 0 Å². The molecule has 0 spiro atoms. The zero-order valence-electron chi connectivity index (χ0n) is 14.5. The van der Waals surface area contributed by atoms with Gasteiger partial charge in [0.05, 0.1) is 18.8 Å². The molecule has 3 rings (SSSR count). The lowest BCUT2D eigenvalue weighted by molar-refractivity contribution is -0.122. The SMILES string of the molecule is CN1CCc2nc(C(=O)N3CCN(CC(=O)NCCO)CC3)sc2C1. The van der Waals surface area contributed by atoms with Crippen LogP contribution >= 0.6 is 11.3 Å². The first-order valence-corrected chi connectivity index (χ1v) is 9.45. The number of hydrogen-bond acceptors (Lipinski definition) is 7. The molecule has 25 heavy (non-hydrogen) atoms. The van der Waals surface area contributed by atoms with Gasteiger partial charge in [-0.15, -0.1) is 11.3 Å². The molecule has 0 atom stereocenters. The number of thiazole rings is 1. The lowest BCUT2D eigenvalue weighted by atomic mass is 10.2. The molecule has 1 aromatic heterocycles. The third-order valence-electron chi connectivity index (χ3n) is 4.57. The highest BCUT2D eigenvalue weighted by Crippen LogP contribution is 2.25. The van der Waals surface area contributed by atoms with Gasteiger partial charge in [-0.2, -0.15) is 0 Å². The predicted molar refractivity (Wildman–Crippen MR) is 94.6 cm³/mol. The Morgan fingerprint density at radius 1 is 1.24 bits per heavy atom. The molecule has 0 saturated carbocycles. The summed E-state index contributed by atoms with van der Waals surface area (Å²) in [5.74, 6) is -0.0861. The Morgan fingerprint density at radius 3 is 2.72 bits per heavy atom. The highest BCUT2D eigenvalue weighted by Gasteiger charge is 2.27. The molecule has 2 aliphatic heterocycles. The largest absolute Gasteiger partial charge is 0.395 e. The van der Waals surface area contributed by atoms with Crippen molar-refractivity contribution in [3.05, 3.63) is 15.6 Å². The molecule has 2 amide bonds. The van der Waals surface area contributed by atoms with Crippen molar-refractivity contribution in [2.75, 3.05) is 59.5 Å². The quantitative estimate of drug-likeness (QED) is 0.694. The second-order valence-corrected chi connectivity index (χ2v) is 7.60. The topological polar surface area (TPSA) is 89.0 Å². The third-order valence-corrected chi connectivity index (χ3v) is 5.64. The number of piperazine rings is 1. The van der Waals surface area contributed by atoms with Crippen molar-refractivity contribution in [2.45, 2.75) is 13.0 Å². The smallest absolute Gasteiger partial charge is 0.282 e. The van der Waals surface area contributed by atoms with E-state index in [0.29, 0.717) is 37.7 Å². The molecule has 138 valence electrons. The van der Waals surface area contributed by atoms with Crippen LogP contribution in [-0.4, -0.2) is 96.1 Å². The Balaban J connectivity index is 1.51. The summed E-state index contributed by atoms with van der Waals surface area (Å²) in [5.41, 5.74) is 1.07. The molecule has 0 aromatic carbocycles. The van der Waals surface area contributed by atoms with Crippen molar-refractivity contribution in [3.63, 3.8) is 0 Å². The number of fused-ring (bicyclic) bond motifs is 1. The Bertz CT molecular complexity index is 627. The third kappa shape index (κ3) is 4.55. The second kappa shape index (κ2) is 8.22. The van der Waals surface area contributed by atoms with E-state index in [1.165, 1.54) is 16.2 Å².